The number of ether oxygens (including phenoxy) is 1. The summed E-state index contributed by atoms with van der Waals surface area (Å²) in [5.74, 6) is 0.630. The standard InChI is InChI=1S/C25H42N2O3/c1-5-9-14-20(7-3)18-26-24(28)23(30-22-16-12-11-13-17-22)25(29)27-19-21(8-4)15-10-6-2/h11-13,16-17,20-21,23H,5-10,14-15,18-19H2,1-4H3,(H,26,28)(H,27,29). The Kier molecular flexibility index (Phi) is 13.7. The molecule has 1 rings (SSSR count). The third-order valence-electron chi connectivity index (χ3n) is 5.69. The molecule has 0 radical (unpaired) electrons. The molecule has 30 heavy (non-hydrogen) atoms. The van der Waals surface area contributed by atoms with E-state index in [-0.39, 0.29) is 11.8 Å². The minimum absolute atomic E-state index is 0.368. The van der Waals surface area contributed by atoms with Crippen molar-refractivity contribution in [3.8, 4) is 5.75 Å². The Bertz CT molecular complexity index is 559. The van der Waals surface area contributed by atoms with E-state index in [2.05, 4.69) is 38.3 Å². The number of benzene rings is 1. The van der Waals surface area contributed by atoms with Crippen LogP contribution in [0, 0.1) is 11.8 Å². The van der Waals surface area contributed by atoms with Crippen molar-refractivity contribution in [3.05, 3.63) is 30.3 Å². The molecule has 5 nitrogen and oxygen atoms in total. The van der Waals surface area contributed by atoms with E-state index >= 15 is 0 Å². The minimum Gasteiger partial charge on any atom is -0.471 e. The average molecular weight is 419 g/mol. The zero-order chi connectivity index (χ0) is 22.2. The van der Waals surface area contributed by atoms with Crippen LogP contribution in [-0.4, -0.2) is 31.0 Å². The number of rotatable bonds is 16. The molecule has 0 aromatic heterocycles. The topological polar surface area (TPSA) is 67.4 Å². The molecule has 0 saturated heterocycles. The predicted octanol–water partition coefficient (Wildman–Crippen LogP) is 5.10. The number of hydrogen-bond donors (Lipinski definition) is 2. The minimum atomic E-state index is -1.18. The van der Waals surface area contributed by atoms with Crippen molar-refractivity contribution < 1.29 is 14.3 Å². The summed E-state index contributed by atoms with van der Waals surface area (Å²) in [5, 5.41) is 5.91. The summed E-state index contributed by atoms with van der Waals surface area (Å²) in [5.41, 5.74) is 0. The largest absolute Gasteiger partial charge is 0.471 e. The lowest BCUT2D eigenvalue weighted by Gasteiger charge is -2.22. The van der Waals surface area contributed by atoms with E-state index < -0.39 is 6.10 Å². The molecule has 0 heterocycles. The van der Waals surface area contributed by atoms with E-state index in [1.165, 1.54) is 0 Å². The lowest BCUT2D eigenvalue weighted by atomic mass is 9.99. The molecule has 0 bridgehead atoms. The summed E-state index contributed by atoms with van der Waals surface area (Å²) >= 11 is 0. The van der Waals surface area contributed by atoms with Gasteiger partial charge in [-0.1, -0.05) is 84.4 Å². The van der Waals surface area contributed by atoms with Gasteiger partial charge in [0, 0.05) is 13.1 Å². The number of carbonyl (C=O) groups excluding carboxylic acids is 2. The zero-order valence-corrected chi connectivity index (χ0v) is 19.4. The molecule has 1 aromatic rings. The Balaban J connectivity index is 2.75. The van der Waals surface area contributed by atoms with E-state index in [1.807, 2.05) is 18.2 Å². The molecule has 0 saturated carbocycles. The van der Waals surface area contributed by atoms with Crippen LogP contribution >= 0.6 is 0 Å². The van der Waals surface area contributed by atoms with Crippen LogP contribution < -0.4 is 15.4 Å². The van der Waals surface area contributed by atoms with Crippen LogP contribution in [0.2, 0.25) is 0 Å². The van der Waals surface area contributed by atoms with Gasteiger partial charge in [0.2, 0.25) is 0 Å². The Morgan fingerprint density at radius 1 is 0.800 bits per heavy atom. The molecule has 2 N–H and O–H groups in total. The van der Waals surface area contributed by atoms with Gasteiger partial charge < -0.3 is 15.4 Å². The van der Waals surface area contributed by atoms with Crippen LogP contribution in [0.5, 0.6) is 5.75 Å². The van der Waals surface area contributed by atoms with Gasteiger partial charge >= 0.3 is 0 Å². The Labute approximate surface area is 183 Å². The molecule has 0 fully saturated rings. The number of para-hydroxylation sites is 1. The van der Waals surface area contributed by atoms with Crippen LogP contribution in [0.4, 0.5) is 0 Å². The fourth-order valence-corrected chi connectivity index (χ4v) is 3.42. The average Bonchev–Trinajstić information content (AvgIpc) is 2.78. The summed E-state index contributed by atoms with van der Waals surface area (Å²) in [4.78, 5) is 25.7. The first kappa shape index (κ1) is 26.0. The maximum absolute atomic E-state index is 12.9. The normalized spacial score (nSPS) is 13.9. The molecule has 0 aliphatic rings. The Morgan fingerprint density at radius 2 is 1.27 bits per heavy atom. The molecule has 170 valence electrons. The predicted molar refractivity (Wildman–Crippen MR) is 123 cm³/mol. The molecule has 0 spiro atoms. The fourth-order valence-electron chi connectivity index (χ4n) is 3.42. The van der Waals surface area contributed by atoms with Gasteiger partial charge in [-0.25, -0.2) is 0 Å². The Hall–Kier alpha value is -2.04. The lowest BCUT2D eigenvalue weighted by Crippen LogP contribution is -2.50. The number of nitrogens with one attached hydrogen (secondary N) is 2. The van der Waals surface area contributed by atoms with Gasteiger partial charge in [0.05, 0.1) is 0 Å². The molecular weight excluding hydrogens is 376 g/mol. The van der Waals surface area contributed by atoms with Crippen LogP contribution in [0.1, 0.15) is 79.1 Å². The number of unbranched alkanes of at least 4 members (excludes halogenated alkanes) is 2. The monoisotopic (exact) mass is 418 g/mol. The molecule has 2 unspecified atom stereocenters. The zero-order valence-electron chi connectivity index (χ0n) is 19.4. The highest BCUT2D eigenvalue weighted by Crippen LogP contribution is 2.15. The summed E-state index contributed by atoms with van der Waals surface area (Å²) < 4.78 is 5.81. The van der Waals surface area contributed by atoms with Crippen molar-refractivity contribution >= 4 is 11.8 Å². The first-order chi connectivity index (χ1) is 14.5. The van der Waals surface area contributed by atoms with Gasteiger partial charge in [-0.2, -0.15) is 0 Å². The number of amides is 2. The van der Waals surface area contributed by atoms with Crippen molar-refractivity contribution in [3.63, 3.8) is 0 Å². The third kappa shape index (κ3) is 10.1. The highest BCUT2D eigenvalue weighted by atomic mass is 16.5. The SMILES string of the molecule is CCCCC(CC)CNC(=O)C(Oc1ccccc1)C(=O)NCC(CC)CCCC. The van der Waals surface area contributed by atoms with Gasteiger partial charge in [-0.05, 0) is 36.8 Å². The van der Waals surface area contributed by atoms with Crippen molar-refractivity contribution in [1.29, 1.82) is 0 Å². The summed E-state index contributed by atoms with van der Waals surface area (Å²) in [7, 11) is 0. The van der Waals surface area contributed by atoms with Crippen LogP contribution in [0.25, 0.3) is 0 Å². The second-order valence-electron chi connectivity index (χ2n) is 8.13. The summed E-state index contributed by atoms with van der Waals surface area (Å²) in [6.07, 6.45) is 7.58. The van der Waals surface area contributed by atoms with Gasteiger partial charge in [-0.15, -0.1) is 0 Å². The van der Waals surface area contributed by atoms with Gasteiger partial charge in [-0.3, -0.25) is 9.59 Å². The van der Waals surface area contributed by atoms with Crippen molar-refractivity contribution in [1.82, 2.24) is 10.6 Å². The fraction of sp³-hybridized carbons (Fsp3) is 0.680. The molecular formula is C25H42N2O3. The van der Waals surface area contributed by atoms with Crippen LogP contribution in [0.15, 0.2) is 30.3 Å². The quantitative estimate of drug-likeness (QED) is 0.367. The van der Waals surface area contributed by atoms with E-state index in [0.29, 0.717) is 30.7 Å². The van der Waals surface area contributed by atoms with Crippen molar-refractivity contribution in [2.75, 3.05) is 13.1 Å². The van der Waals surface area contributed by atoms with Gasteiger partial charge in [0.1, 0.15) is 5.75 Å². The smallest absolute Gasteiger partial charge is 0.271 e. The first-order valence-electron chi connectivity index (χ1n) is 11.8. The number of carbonyl (C=O) groups is 2. The lowest BCUT2D eigenvalue weighted by molar-refractivity contribution is -0.139. The van der Waals surface area contributed by atoms with Gasteiger partial charge in [0.25, 0.3) is 17.9 Å². The van der Waals surface area contributed by atoms with Crippen molar-refractivity contribution in [2.24, 2.45) is 11.8 Å². The highest BCUT2D eigenvalue weighted by Gasteiger charge is 2.29. The molecule has 0 aliphatic carbocycles. The van der Waals surface area contributed by atoms with Crippen LogP contribution in [-0.2, 0) is 9.59 Å². The molecule has 2 amide bonds. The second-order valence-corrected chi connectivity index (χ2v) is 8.13. The molecule has 5 heteroatoms. The van der Waals surface area contributed by atoms with E-state index in [9.17, 15) is 9.59 Å². The van der Waals surface area contributed by atoms with E-state index in [4.69, 9.17) is 4.74 Å². The Morgan fingerprint density at radius 3 is 1.67 bits per heavy atom. The maximum Gasteiger partial charge on any atom is 0.271 e. The summed E-state index contributed by atoms with van der Waals surface area (Å²) in [6.45, 7) is 9.76. The molecule has 1 aromatic carbocycles. The van der Waals surface area contributed by atoms with E-state index in [1.54, 1.807) is 12.1 Å². The van der Waals surface area contributed by atoms with Crippen molar-refractivity contribution in [2.45, 2.75) is 85.2 Å². The number of hydrogen-bond acceptors (Lipinski definition) is 3. The second kappa shape index (κ2) is 15.8. The maximum atomic E-state index is 12.9. The van der Waals surface area contributed by atoms with Gasteiger partial charge in [0.15, 0.2) is 0 Å². The first-order valence-corrected chi connectivity index (χ1v) is 11.8. The third-order valence-corrected chi connectivity index (χ3v) is 5.69. The molecule has 0 aliphatic heterocycles. The highest BCUT2D eigenvalue weighted by molar-refractivity contribution is 6.03. The summed E-state index contributed by atoms with van der Waals surface area (Å²) in [6, 6.07) is 9.07. The van der Waals surface area contributed by atoms with E-state index in [0.717, 1.165) is 51.4 Å². The molecule has 2 atom stereocenters. The van der Waals surface area contributed by atoms with Crippen LogP contribution in [0.3, 0.4) is 0 Å².